The molecule has 1 saturated carbocycles. The maximum absolute atomic E-state index is 11.8. The quantitative estimate of drug-likeness (QED) is 0.724. The van der Waals surface area contributed by atoms with Gasteiger partial charge in [-0.25, -0.2) is 0 Å². The van der Waals surface area contributed by atoms with Crippen molar-refractivity contribution in [3.8, 4) is 0 Å². The number of fused-ring (bicyclic) bond motifs is 2. The van der Waals surface area contributed by atoms with Gasteiger partial charge >= 0.3 is 0 Å². The number of hydrogen-bond donors (Lipinski definition) is 2. The summed E-state index contributed by atoms with van der Waals surface area (Å²) < 4.78 is 6.59. The standard InChI is InChI=1S/C20H32O3/c1-7-16(4)11-14-20(23-16)17(5)10-8-9-15(2,3)19(17,22)13-12-18(20,6)21/h7,12-13,21-22H,1,8-11,14H2,2-6H3. The lowest BCUT2D eigenvalue weighted by Crippen LogP contribution is -2.75. The topological polar surface area (TPSA) is 49.7 Å². The Kier molecular flexibility index (Phi) is 3.36. The van der Waals surface area contributed by atoms with Crippen LogP contribution < -0.4 is 0 Å². The van der Waals surface area contributed by atoms with Gasteiger partial charge in [0.15, 0.2) is 0 Å². The lowest BCUT2D eigenvalue weighted by molar-refractivity contribution is -0.297. The van der Waals surface area contributed by atoms with E-state index in [9.17, 15) is 10.2 Å². The molecule has 0 aromatic carbocycles. The van der Waals surface area contributed by atoms with E-state index in [4.69, 9.17) is 4.74 Å². The van der Waals surface area contributed by atoms with Crippen LogP contribution in [0, 0.1) is 10.8 Å². The van der Waals surface area contributed by atoms with E-state index in [-0.39, 0.29) is 5.41 Å². The molecule has 130 valence electrons. The first-order valence-electron chi connectivity index (χ1n) is 8.88. The van der Waals surface area contributed by atoms with Crippen LogP contribution in [-0.2, 0) is 4.74 Å². The van der Waals surface area contributed by atoms with Gasteiger partial charge in [-0.1, -0.05) is 45.4 Å². The highest BCUT2D eigenvalue weighted by molar-refractivity contribution is 5.36. The Labute approximate surface area is 140 Å². The van der Waals surface area contributed by atoms with E-state index in [1.54, 1.807) is 6.08 Å². The van der Waals surface area contributed by atoms with Crippen LogP contribution in [0.2, 0.25) is 0 Å². The third-order valence-corrected chi connectivity index (χ3v) is 7.52. The Bertz CT molecular complexity index is 563. The first-order valence-corrected chi connectivity index (χ1v) is 8.88. The molecule has 1 heterocycles. The summed E-state index contributed by atoms with van der Waals surface area (Å²) in [5.41, 5.74) is -4.16. The van der Waals surface area contributed by atoms with Gasteiger partial charge < -0.3 is 14.9 Å². The second kappa shape index (κ2) is 4.50. The molecule has 1 spiro atoms. The van der Waals surface area contributed by atoms with Crippen molar-refractivity contribution in [3.05, 3.63) is 24.8 Å². The average Bonchev–Trinajstić information content (AvgIpc) is 2.83. The Balaban J connectivity index is 2.23. The van der Waals surface area contributed by atoms with Gasteiger partial charge in [-0.3, -0.25) is 0 Å². The Morgan fingerprint density at radius 1 is 0.957 bits per heavy atom. The van der Waals surface area contributed by atoms with Gasteiger partial charge in [0.1, 0.15) is 11.2 Å². The first-order chi connectivity index (χ1) is 10.4. The lowest BCUT2D eigenvalue weighted by atomic mass is 9.43. The summed E-state index contributed by atoms with van der Waals surface area (Å²) in [4.78, 5) is 0. The van der Waals surface area contributed by atoms with Gasteiger partial charge in [-0.05, 0) is 44.9 Å². The van der Waals surface area contributed by atoms with Gasteiger partial charge in [0.25, 0.3) is 0 Å². The van der Waals surface area contributed by atoms with Crippen molar-refractivity contribution < 1.29 is 14.9 Å². The zero-order valence-corrected chi connectivity index (χ0v) is 15.3. The molecule has 0 amide bonds. The Morgan fingerprint density at radius 3 is 2.17 bits per heavy atom. The van der Waals surface area contributed by atoms with Crippen molar-refractivity contribution in [1.82, 2.24) is 0 Å². The second-order valence-corrected chi connectivity index (χ2v) is 9.26. The summed E-state index contributed by atoms with van der Waals surface area (Å²) in [6.07, 6.45) is 9.86. The number of ether oxygens (including phenoxy) is 1. The van der Waals surface area contributed by atoms with Crippen molar-refractivity contribution >= 4 is 0 Å². The van der Waals surface area contributed by atoms with Crippen molar-refractivity contribution in [2.75, 3.05) is 0 Å². The minimum absolute atomic E-state index is 0.253. The van der Waals surface area contributed by atoms with Crippen LogP contribution in [0.3, 0.4) is 0 Å². The third kappa shape index (κ3) is 1.82. The van der Waals surface area contributed by atoms with Crippen LogP contribution >= 0.6 is 0 Å². The van der Waals surface area contributed by atoms with Crippen LogP contribution in [0.25, 0.3) is 0 Å². The molecular weight excluding hydrogens is 288 g/mol. The van der Waals surface area contributed by atoms with Crippen molar-refractivity contribution in [1.29, 1.82) is 0 Å². The Hall–Kier alpha value is -0.640. The molecular formula is C20H32O3. The fourth-order valence-electron chi connectivity index (χ4n) is 5.72. The maximum Gasteiger partial charge on any atom is 0.110 e. The predicted molar refractivity (Wildman–Crippen MR) is 92.1 cm³/mol. The van der Waals surface area contributed by atoms with E-state index in [1.165, 1.54) is 0 Å². The molecule has 0 aromatic heterocycles. The lowest BCUT2D eigenvalue weighted by Gasteiger charge is -2.67. The Morgan fingerprint density at radius 2 is 1.61 bits per heavy atom. The van der Waals surface area contributed by atoms with E-state index >= 15 is 0 Å². The van der Waals surface area contributed by atoms with Crippen LogP contribution in [0.4, 0.5) is 0 Å². The van der Waals surface area contributed by atoms with Crippen LogP contribution in [0.1, 0.15) is 66.7 Å². The van der Waals surface area contributed by atoms with E-state index in [0.29, 0.717) is 0 Å². The molecule has 3 heteroatoms. The maximum atomic E-state index is 11.8. The van der Waals surface area contributed by atoms with Crippen LogP contribution in [0.5, 0.6) is 0 Å². The summed E-state index contributed by atoms with van der Waals surface area (Å²) >= 11 is 0. The molecule has 0 radical (unpaired) electrons. The van der Waals surface area contributed by atoms with E-state index < -0.39 is 27.8 Å². The molecule has 0 aromatic rings. The molecule has 1 saturated heterocycles. The van der Waals surface area contributed by atoms with Gasteiger partial charge in [-0.15, -0.1) is 6.58 Å². The number of hydrogen-bond acceptors (Lipinski definition) is 3. The van der Waals surface area contributed by atoms with Gasteiger partial charge in [0.2, 0.25) is 0 Å². The molecule has 23 heavy (non-hydrogen) atoms. The molecule has 1 aliphatic heterocycles. The largest absolute Gasteiger partial charge is 0.385 e. The highest BCUT2D eigenvalue weighted by atomic mass is 16.5. The minimum Gasteiger partial charge on any atom is -0.385 e. The highest BCUT2D eigenvalue weighted by Gasteiger charge is 2.74. The second-order valence-electron chi connectivity index (χ2n) is 9.26. The van der Waals surface area contributed by atoms with E-state index in [2.05, 4.69) is 27.4 Å². The summed E-state index contributed by atoms with van der Waals surface area (Å²) in [6.45, 7) is 14.1. The predicted octanol–water partition coefficient (Wildman–Crippen LogP) is 3.75. The summed E-state index contributed by atoms with van der Waals surface area (Å²) in [5.74, 6) is 0. The fraction of sp³-hybridized carbons (Fsp3) is 0.800. The first kappa shape index (κ1) is 17.2. The molecule has 3 nitrogen and oxygen atoms in total. The van der Waals surface area contributed by atoms with Crippen molar-refractivity contribution in [3.63, 3.8) is 0 Å². The smallest absolute Gasteiger partial charge is 0.110 e. The van der Waals surface area contributed by atoms with Gasteiger partial charge in [0, 0.05) is 5.41 Å². The van der Waals surface area contributed by atoms with E-state index in [1.807, 2.05) is 26.0 Å². The monoisotopic (exact) mass is 320 g/mol. The molecule has 3 aliphatic rings. The minimum atomic E-state index is -1.11. The van der Waals surface area contributed by atoms with Crippen LogP contribution in [0.15, 0.2) is 24.8 Å². The van der Waals surface area contributed by atoms with Crippen molar-refractivity contribution in [2.45, 2.75) is 89.1 Å². The number of rotatable bonds is 1. The summed E-state index contributed by atoms with van der Waals surface area (Å²) in [7, 11) is 0. The zero-order chi connectivity index (χ0) is 17.4. The fourth-order valence-corrected chi connectivity index (χ4v) is 5.72. The molecule has 0 bridgehead atoms. The normalized spacial score (nSPS) is 54.9. The van der Waals surface area contributed by atoms with Crippen LogP contribution in [-0.4, -0.2) is 32.6 Å². The SMILES string of the molecule is C=CC1(C)CCC2(O1)C(C)(O)C=CC1(O)C(C)(C)CCCC12C. The number of aliphatic hydroxyl groups is 2. The summed E-state index contributed by atoms with van der Waals surface area (Å²) in [5, 5.41) is 23.1. The molecule has 5 unspecified atom stereocenters. The molecule has 3 rings (SSSR count). The molecule has 5 atom stereocenters. The van der Waals surface area contributed by atoms with E-state index in [0.717, 1.165) is 32.1 Å². The highest BCUT2D eigenvalue weighted by Crippen LogP contribution is 2.68. The molecule has 2 N–H and O–H groups in total. The van der Waals surface area contributed by atoms with Crippen molar-refractivity contribution in [2.24, 2.45) is 10.8 Å². The zero-order valence-electron chi connectivity index (χ0n) is 15.3. The van der Waals surface area contributed by atoms with Gasteiger partial charge in [-0.2, -0.15) is 0 Å². The summed E-state index contributed by atoms with van der Waals surface area (Å²) in [6, 6.07) is 0. The van der Waals surface area contributed by atoms with Gasteiger partial charge in [0.05, 0.1) is 11.2 Å². The third-order valence-electron chi connectivity index (χ3n) is 7.52. The molecule has 2 fully saturated rings. The molecule has 2 aliphatic carbocycles. The average molecular weight is 320 g/mol.